The average Bonchev–Trinajstić information content (AvgIpc) is 3.30. The van der Waals surface area contributed by atoms with E-state index in [-0.39, 0.29) is 22.8 Å². The number of carbonyl (C=O) groups excluding carboxylic acids is 1. The quantitative estimate of drug-likeness (QED) is 0.183. The summed E-state index contributed by atoms with van der Waals surface area (Å²) >= 11 is 1.30. The first-order chi connectivity index (χ1) is 17.6. The smallest absolute Gasteiger partial charge is 0.250 e. The van der Waals surface area contributed by atoms with Gasteiger partial charge in [-0.05, 0) is 66.8 Å². The maximum absolute atomic E-state index is 12.6. The molecule has 190 valence electrons. The van der Waals surface area contributed by atoms with Gasteiger partial charge >= 0.3 is 0 Å². The molecule has 0 radical (unpaired) electrons. The highest BCUT2D eigenvalue weighted by atomic mass is 32.2. The molecule has 0 aliphatic heterocycles. The van der Waals surface area contributed by atoms with Crippen LogP contribution in [0.1, 0.15) is 44.4 Å². The highest BCUT2D eigenvalue weighted by Gasteiger charge is 2.19. The molecule has 0 aliphatic carbocycles. The van der Waals surface area contributed by atoms with Crippen molar-refractivity contribution in [3.05, 3.63) is 89.5 Å². The Morgan fingerprint density at radius 3 is 2.24 bits per heavy atom. The van der Waals surface area contributed by atoms with Crippen LogP contribution < -0.4 is 5.43 Å². The summed E-state index contributed by atoms with van der Waals surface area (Å²) in [5, 5.41) is 23.2. The molecule has 1 heterocycles. The predicted octanol–water partition coefficient (Wildman–Crippen LogP) is 5.88. The molecule has 4 aromatic rings. The monoisotopic (exact) mass is 513 g/mol. The standard InChI is InChI=1S/C29H31N5O2S/c1-19-6-14-24(15-7-19)34-27(22-8-12-23(13-9-22)29(3,4)5)32-33-28(34)37-18-26(36)31-30-20(2)21-10-16-25(35)17-11-21/h6-17,35H,18H2,1-5H3,(H,31,36)/b30-20+. The molecule has 8 heteroatoms. The molecule has 0 fully saturated rings. The lowest BCUT2D eigenvalue weighted by Gasteiger charge is -2.19. The maximum atomic E-state index is 12.6. The summed E-state index contributed by atoms with van der Waals surface area (Å²) in [6.45, 7) is 10.4. The van der Waals surface area contributed by atoms with Crippen LogP contribution in [0.4, 0.5) is 0 Å². The molecule has 0 saturated heterocycles. The van der Waals surface area contributed by atoms with Gasteiger partial charge in [0.2, 0.25) is 0 Å². The molecule has 7 nitrogen and oxygen atoms in total. The Labute approximate surface area is 221 Å². The Hall–Kier alpha value is -3.91. The van der Waals surface area contributed by atoms with Crippen LogP contribution in [0, 0.1) is 6.92 Å². The number of rotatable bonds is 7. The fourth-order valence-corrected chi connectivity index (χ4v) is 4.42. The Morgan fingerprint density at radius 1 is 0.973 bits per heavy atom. The van der Waals surface area contributed by atoms with E-state index in [0.29, 0.717) is 16.7 Å². The van der Waals surface area contributed by atoms with E-state index >= 15 is 0 Å². The van der Waals surface area contributed by atoms with Crippen molar-refractivity contribution >= 4 is 23.4 Å². The topological polar surface area (TPSA) is 92.4 Å². The van der Waals surface area contributed by atoms with Gasteiger partial charge in [-0.3, -0.25) is 9.36 Å². The van der Waals surface area contributed by atoms with Gasteiger partial charge in [0, 0.05) is 11.3 Å². The molecular formula is C29H31N5O2S. The molecule has 3 aromatic carbocycles. The second-order valence-corrected chi connectivity index (χ2v) is 10.8. The van der Waals surface area contributed by atoms with Crippen LogP contribution in [0.2, 0.25) is 0 Å². The number of hydrazone groups is 1. The number of carbonyl (C=O) groups is 1. The fourth-order valence-electron chi connectivity index (χ4n) is 3.67. The van der Waals surface area contributed by atoms with E-state index in [1.807, 2.05) is 35.8 Å². The van der Waals surface area contributed by atoms with Crippen LogP contribution in [-0.2, 0) is 10.2 Å². The lowest BCUT2D eigenvalue weighted by molar-refractivity contribution is -0.118. The van der Waals surface area contributed by atoms with Crippen molar-refractivity contribution in [3.63, 3.8) is 0 Å². The van der Waals surface area contributed by atoms with Crippen molar-refractivity contribution in [1.82, 2.24) is 20.2 Å². The molecule has 0 aliphatic rings. The van der Waals surface area contributed by atoms with E-state index in [1.54, 1.807) is 31.2 Å². The molecule has 37 heavy (non-hydrogen) atoms. The van der Waals surface area contributed by atoms with Gasteiger partial charge < -0.3 is 5.11 Å². The third kappa shape index (κ3) is 6.46. The summed E-state index contributed by atoms with van der Waals surface area (Å²) in [5.41, 5.74) is 8.38. The highest BCUT2D eigenvalue weighted by Crippen LogP contribution is 2.30. The van der Waals surface area contributed by atoms with Gasteiger partial charge in [-0.2, -0.15) is 5.10 Å². The molecule has 0 unspecified atom stereocenters. The fraction of sp³-hybridized carbons (Fsp3) is 0.241. The second-order valence-electron chi connectivity index (χ2n) is 9.87. The van der Waals surface area contributed by atoms with Gasteiger partial charge in [-0.15, -0.1) is 10.2 Å². The molecule has 4 rings (SSSR count). The summed E-state index contributed by atoms with van der Waals surface area (Å²) in [4.78, 5) is 12.6. The molecule has 0 atom stereocenters. The van der Waals surface area contributed by atoms with E-state index in [1.165, 1.54) is 17.3 Å². The van der Waals surface area contributed by atoms with Crippen LogP contribution in [0.25, 0.3) is 17.1 Å². The van der Waals surface area contributed by atoms with Crippen molar-refractivity contribution < 1.29 is 9.90 Å². The third-order valence-corrected chi connectivity index (χ3v) is 6.83. The molecule has 2 N–H and O–H groups in total. The zero-order valence-electron chi connectivity index (χ0n) is 21.7. The number of phenolic OH excluding ortho intramolecular Hbond substituents is 1. The van der Waals surface area contributed by atoms with Gasteiger partial charge in [0.15, 0.2) is 11.0 Å². The zero-order valence-corrected chi connectivity index (χ0v) is 22.5. The number of nitrogens with one attached hydrogen (secondary N) is 1. The van der Waals surface area contributed by atoms with Crippen molar-refractivity contribution in [2.45, 2.75) is 45.2 Å². The van der Waals surface area contributed by atoms with Crippen LogP contribution in [-0.4, -0.2) is 37.2 Å². The van der Waals surface area contributed by atoms with Gasteiger partial charge in [-0.25, -0.2) is 5.43 Å². The summed E-state index contributed by atoms with van der Waals surface area (Å²) < 4.78 is 1.98. The van der Waals surface area contributed by atoms with Crippen molar-refractivity contribution in [2.75, 3.05) is 5.75 Å². The minimum atomic E-state index is -0.252. The number of aromatic nitrogens is 3. The lowest BCUT2D eigenvalue weighted by atomic mass is 9.87. The normalized spacial score (nSPS) is 12.0. The van der Waals surface area contributed by atoms with Crippen LogP contribution in [0.15, 0.2) is 83.1 Å². The number of aromatic hydroxyl groups is 1. The van der Waals surface area contributed by atoms with Crippen molar-refractivity contribution in [3.8, 4) is 22.8 Å². The number of amides is 1. The van der Waals surface area contributed by atoms with Crippen molar-refractivity contribution in [2.24, 2.45) is 5.10 Å². The van der Waals surface area contributed by atoms with E-state index in [4.69, 9.17) is 0 Å². The molecule has 0 saturated carbocycles. The number of benzene rings is 3. The molecule has 0 bridgehead atoms. The van der Waals surface area contributed by atoms with Gasteiger partial charge in [-0.1, -0.05) is 74.5 Å². The van der Waals surface area contributed by atoms with Gasteiger partial charge in [0.1, 0.15) is 5.75 Å². The van der Waals surface area contributed by atoms with Gasteiger partial charge in [0.05, 0.1) is 11.5 Å². The van der Waals surface area contributed by atoms with E-state index in [2.05, 4.69) is 65.8 Å². The Bertz CT molecular complexity index is 1400. The summed E-state index contributed by atoms with van der Waals surface area (Å²) in [6.07, 6.45) is 0. The van der Waals surface area contributed by atoms with Crippen LogP contribution in [0.3, 0.4) is 0 Å². The number of hydrogen-bond donors (Lipinski definition) is 2. The van der Waals surface area contributed by atoms with Crippen LogP contribution >= 0.6 is 11.8 Å². The first-order valence-electron chi connectivity index (χ1n) is 12.0. The SMILES string of the molecule is C/C(=N\NC(=O)CSc1nnc(-c2ccc(C(C)(C)C)cc2)n1-c1ccc(C)cc1)c1ccc(O)cc1. The molecule has 0 spiro atoms. The molecule has 1 aromatic heterocycles. The Kier molecular flexibility index (Phi) is 7.78. The average molecular weight is 514 g/mol. The lowest BCUT2D eigenvalue weighted by Crippen LogP contribution is -2.21. The Morgan fingerprint density at radius 2 is 1.62 bits per heavy atom. The van der Waals surface area contributed by atoms with E-state index < -0.39 is 0 Å². The number of phenols is 1. The largest absolute Gasteiger partial charge is 0.508 e. The highest BCUT2D eigenvalue weighted by molar-refractivity contribution is 7.99. The van der Waals surface area contributed by atoms with Crippen molar-refractivity contribution in [1.29, 1.82) is 0 Å². The number of aryl methyl sites for hydroxylation is 1. The molecular weight excluding hydrogens is 482 g/mol. The molecule has 1 amide bonds. The minimum Gasteiger partial charge on any atom is -0.508 e. The van der Waals surface area contributed by atoms with Gasteiger partial charge in [0.25, 0.3) is 5.91 Å². The second kappa shape index (κ2) is 11.0. The number of nitrogens with zero attached hydrogens (tertiary/aromatic N) is 4. The first kappa shape index (κ1) is 26.2. The Balaban J connectivity index is 1.55. The van der Waals surface area contributed by atoms with E-state index in [9.17, 15) is 9.90 Å². The summed E-state index contributed by atoms with van der Waals surface area (Å²) in [5.74, 6) is 0.768. The number of hydrogen-bond acceptors (Lipinski definition) is 6. The minimum absolute atomic E-state index is 0.0562. The number of thioether (sulfide) groups is 1. The summed E-state index contributed by atoms with van der Waals surface area (Å²) in [6, 6.07) is 23.2. The van der Waals surface area contributed by atoms with E-state index in [0.717, 1.165) is 22.4 Å². The maximum Gasteiger partial charge on any atom is 0.250 e. The van der Waals surface area contributed by atoms with Crippen LogP contribution in [0.5, 0.6) is 5.75 Å². The zero-order chi connectivity index (χ0) is 26.6. The summed E-state index contributed by atoms with van der Waals surface area (Å²) in [7, 11) is 0. The predicted molar refractivity (Wildman–Crippen MR) is 149 cm³/mol. The first-order valence-corrected chi connectivity index (χ1v) is 13.0. The third-order valence-electron chi connectivity index (χ3n) is 5.90.